The summed E-state index contributed by atoms with van der Waals surface area (Å²) in [6, 6.07) is 2.64. The van der Waals surface area contributed by atoms with Crippen molar-refractivity contribution in [2.45, 2.75) is 44.1 Å². The van der Waals surface area contributed by atoms with Gasteiger partial charge in [0.1, 0.15) is 22.1 Å². The summed E-state index contributed by atoms with van der Waals surface area (Å²) in [6.07, 6.45) is 1.80. The Kier molecular flexibility index (Phi) is 5.79. The van der Waals surface area contributed by atoms with E-state index in [1.165, 1.54) is 13.2 Å². The Morgan fingerprint density at radius 3 is 2.61 bits per heavy atom. The van der Waals surface area contributed by atoms with E-state index in [0.29, 0.717) is 31.7 Å². The number of nitrogens with zero attached hydrogens (tertiary/aromatic N) is 1. The van der Waals surface area contributed by atoms with Crippen LogP contribution in [-0.4, -0.2) is 48.5 Å². The number of carbonyl (C=O) groups excluding carboxylic acids is 3. The molecular weight excluding hydrogens is 389 g/mol. The second kappa shape index (κ2) is 7.95. The van der Waals surface area contributed by atoms with Crippen LogP contribution in [0.25, 0.3) is 0 Å². The number of amides is 4. The van der Waals surface area contributed by atoms with Crippen LogP contribution in [0.2, 0.25) is 5.02 Å². The second-order valence-electron chi connectivity index (χ2n) is 7.41. The summed E-state index contributed by atoms with van der Waals surface area (Å²) in [5.41, 5.74) is -0.244. The van der Waals surface area contributed by atoms with Gasteiger partial charge in [-0.05, 0) is 49.8 Å². The number of likely N-dealkylation sites (tertiary alicyclic amines) is 1. The average Bonchev–Trinajstić information content (AvgIpc) is 2.94. The number of ether oxygens (including phenoxy) is 1. The van der Waals surface area contributed by atoms with Crippen molar-refractivity contribution in [3.05, 3.63) is 28.5 Å². The van der Waals surface area contributed by atoms with Crippen molar-refractivity contribution >= 4 is 29.4 Å². The third-order valence-electron chi connectivity index (χ3n) is 5.51. The predicted octanol–water partition coefficient (Wildman–Crippen LogP) is 2.57. The molecule has 2 saturated heterocycles. The molecule has 0 unspecified atom stereocenters. The molecule has 0 aromatic heterocycles. The molecule has 2 aliphatic rings. The van der Waals surface area contributed by atoms with Crippen molar-refractivity contribution < 1.29 is 23.5 Å². The van der Waals surface area contributed by atoms with E-state index in [1.807, 2.05) is 0 Å². The maximum atomic E-state index is 14.0. The lowest BCUT2D eigenvalue weighted by molar-refractivity contribution is -0.133. The van der Waals surface area contributed by atoms with Crippen molar-refractivity contribution in [3.63, 3.8) is 0 Å². The zero-order chi connectivity index (χ0) is 20.5. The molecule has 2 aliphatic heterocycles. The number of hydrogen-bond acceptors (Lipinski definition) is 4. The molecule has 152 valence electrons. The van der Waals surface area contributed by atoms with Crippen molar-refractivity contribution in [1.29, 1.82) is 0 Å². The van der Waals surface area contributed by atoms with Gasteiger partial charge in [0.05, 0.1) is 7.11 Å². The highest BCUT2D eigenvalue weighted by Gasteiger charge is 2.42. The highest BCUT2D eigenvalue weighted by atomic mass is 35.5. The van der Waals surface area contributed by atoms with Crippen LogP contribution in [0.1, 0.15) is 44.1 Å². The van der Waals surface area contributed by atoms with Crippen LogP contribution in [0.4, 0.5) is 9.18 Å². The molecule has 1 aromatic rings. The zero-order valence-electron chi connectivity index (χ0n) is 15.8. The molecule has 4 amide bonds. The fourth-order valence-corrected chi connectivity index (χ4v) is 3.89. The van der Waals surface area contributed by atoms with Crippen molar-refractivity contribution in [3.8, 4) is 5.75 Å². The van der Waals surface area contributed by atoms with E-state index in [2.05, 4.69) is 10.6 Å². The van der Waals surface area contributed by atoms with Crippen LogP contribution in [0.3, 0.4) is 0 Å². The van der Waals surface area contributed by atoms with Gasteiger partial charge in [-0.2, -0.15) is 0 Å². The molecule has 28 heavy (non-hydrogen) atoms. The number of halogens is 2. The van der Waals surface area contributed by atoms with E-state index in [4.69, 9.17) is 16.3 Å². The Labute approximate surface area is 167 Å². The molecule has 0 aliphatic carbocycles. The van der Waals surface area contributed by atoms with Crippen molar-refractivity contribution in [2.75, 3.05) is 20.2 Å². The lowest BCUT2D eigenvalue weighted by Crippen LogP contribution is -2.45. The molecule has 3 rings (SSSR count). The Morgan fingerprint density at radius 1 is 1.36 bits per heavy atom. The Balaban J connectivity index is 1.55. The first-order chi connectivity index (χ1) is 13.2. The minimum atomic E-state index is -1.05. The van der Waals surface area contributed by atoms with Gasteiger partial charge in [0.25, 0.3) is 5.91 Å². The molecule has 2 heterocycles. The van der Waals surface area contributed by atoms with Crippen molar-refractivity contribution in [1.82, 2.24) is 15.5 Å². The van der Waals surface area contributed by atoms with Gasteiger partial charge in [0, 0.05) is 19.5 Å². The van der Waals surface area contributed by atoms with Gasteiger partial charge in [0.2, 0.25) is 5.91 Å². The Morgan fingerprint density at radius 2 is 2.04 bits per heavy atom. The molecule has 0 saturated carbocycles. The lowest BCUT2D eigenvalue weighted by Gasteiger charge is -2.33. The summed E-state index contributed by atoms with van der Waals surface area (Å²) in [4.78, 5) is 37.4. The number of urea groups is 1. The standard InChI is InChI=1S/C19H23ClFN3O4/c1-19(17(26)22-18(27)23-19)6-3-15(25)24-7-4-11(5-8-24)12-9-13(21)16(20)14(10-12)28-2/h9-11H,3-8H2,1-2H3,(H2,22,23,26,27)/t19-/m1/s1. The first-order valence-electron chi connectivity index (χ1n) is 9.18. The van der Waals surface area contributed by atoms with Gasteiger partial charge in [-0.1, -0.05) is 11.6 Å². The highest BCUT2D eigenvalue weighted by Crippen LogP contribution is 2.35. The Hall–Kier alpha value is -2.35. The van der Waals surface area contributed by atoms with Crippen LogP contribution in [0.15, 0.2) is 12.1 Å². The summed E-state index contributed by atoms with van der Waals surface area (Å²) in [5, 5.41) is 4.72. The normalized spacial score (nSPS) is 22.8. The highest BCUT2D eigenvalue weighted by molar-refractivity contribution is 6.32. The first-order valence-corrected chi connectivity index (χ1v) is 9.55. The van der Waals surface area contributed by atoms with Gasteiger partial charge in [-0.3, -0.25) is 14.9 Å². The number of hydrogen-bond donors (Lipinski definition) is 2. The van der Waals surface area contributed by atoms with Gasteiger partial charge in [-0.15, -0.1) is 0 Å². The fourth-order valence-electron chi connectivity index (χ4n) is 3.70. The maximum Gasteiger partial charge on any atom is 0.322 e. The van der Waals surface area contributed by atoms with Crippen LogP contribution in [-0.2, 0) is 9.59 Å². The summed E-state index contributed by atoms with van der Waals surface area (Å²) in [7, 11) is 1.44. The topological polar surface area (TPSA) is 87.7 Å². The minimum Gasteiger partial charge on any atom is -0.495 e. The quantitative estimate of drug-likeness (QED) is 0.729. The molecule has 2 fully saturated rings. The summed E-state index contributed by atoms with van der Waals surface area (Å²) in [5.74, 6) is -0.571. The number of piperidine rings is 1. The Bertz CT molecular complexity index is 811. The van der Waals surface area contributed by atoms with E-state index < -0.39 is 23.3 Å². The first kappa shape index (κ1) is 20.4. The lowest BCUT2D eigenvalue weighted by atomic mass is 9.88. The number of methoxy groups -OCH3 is 1. The molecule has 9 heteroatoms. The largest absolute Gasteiger partial charge is 0.495 e. The van der Waals surface area contributed by atoms with Crippen LogP contribution < -0.4 is 15.4 Å². The molecule has 7 nitrogen and oxygen atoms in total. The van der Waals surface area contributed by atoms with Gasteiger partial charge < -0.3 is 15.0 Å². The van der Waals surface area contributed by atoms with E-state index in [-0.39, 0.29) is 29.7 Å². The molecule has 1 aromatic carbocycles. The average molecular weight is 412 g/mol. The van der Waals surface area contributed by atoms with Crippen LogP contribution >= 0.6 is 11.6 Å². The van der Waals surface area contributed by atoms with Gasteiger partial charge >= 0.3 is 6.03 Å². The molecule has 0 bridgehead atoms. The summed E-state index contributed by atoms with van der Waals surface area (Å²) < 4.78 is 19.1. The molecule has 0 spiro atoms. The molecule has 2 N–H and O–H groups in total. The van der Waals surface area contributed by atoms with Crippen molar-refractivity contribution in [2.24, 2.45) is 0 Å². The summed E-state index contributed by atoms with van der Waals surface area (Å²) in [6.45, 7) is 2.70. The van der Waals surface area contributed by atoms with E-state index in [1.54, 1.807) is 17.9 Å². The van der Waals surface area contributed by atoms with E-state index in [9.17, 15) is 18.8 Å². The number of imide groups is 1. The van der Waals surface area contributed by atoms with Gasteiger partial charge in [0.15, 0.2) is 0 Å². The molecular formula is C19H23ClFN3O4. The summed E-state index contributed by atoms with van der Waals surface area (Å²) >= 11 is 5.88. The third-order valence-corrected chi connectivity index (χ3v) is 5.88. The van der Waals surface area contributed by atoms with E-state index >= 15 is 0 Å². The number of benzene rings is 1. The third kappa shape index (κ3) is 4.06. The van der Waals surface area contributed by atoms with Crippen LogP contribution in [0.5, 0.6) is 5.75 Å². The van der Waals surface area contributed by atoms with E-state index in [0.717, 1.165) is 5.56 Å². The number of rotatable bonds is 5. The minimum absolute atomic E-state index is 0.0320. The monoisotopic (exact) mass is 411 g/mol. The molecule has 0 radical (unpaired) electrons. The SMILES string of the molecule is COc1cc(C2CCN(C(=O)CC[C@@]3(C)NC(=O)NC3=O)CC2)cc(F)c1Cl. The number of carbonyl (C=O) groups is 3. The number of nitrogens with one attached hydrogen (secondary N) is 2. The molecule has 1 atom stereocenters. The maximum absolute atomic E-state index is 14.0. The van der Waals surface area contributed by atoms with Gasteiger partial charge in [-0.25, -0.2) is 9.18 Å². The predicted molar refractivity (Wildman–Crippen MR) is 101 cm³/mol. The fraction of sp³-hybridized carbons (Fsp3) is 0.526. The second-order valence-corrected chi connectivity index (χ2v) is 7.79. The zero-order valence-corrected chi connectivity index (χ0v) is 16.6. The smallest absolute Gasteiger partial charge is 0.322 e. The van der Waals surface area contributed by atoms with Crippen LogP contribution in [0, 0.1) is 5.82 Å².